The van der Waals surface area contributed by atoms with Gasteiger partial charge < -0.3 is 13.6 Å². The van der Waals surface area contributed by atoms with Crippen LogP contribution in [0.1, 0.15) is 66.8 Å². The minimum Gasteiger partial charge on any atom is -0.497 e. The average molecular weight is 464 g/mol. The Kier molecular flexibility index (Phi) is 6.48. The molecule has 3 amide bonds. The summed E-state index contributed by atoms with van der Waals surface area (Å²) >= 11 is 0. The van der Waals surface area contributed by atoms with Crippen LogP contribution in [0.5, 0.6) is 5.75 Å². The first-order valence-electron chi connectivity index (χ1n) is 10.7. The number of hydrogen-bond acceptors (Lipinski definition) is 7. The molecule has 10 heteroatoms. The molecule has 10 nitrogen and oxygen atoms in total. The van der Waals surface area contributed by atoms with Crippen molar-refractivity contribution in [1.82, 2.24) is 16.3 Å². The van der Waals surface area contributed by atoms with E-state index in [0.717, 1.165) is 6.42 Å². The summed E-state index contributed by atoms with van der Waals surface area (Å²) in [7, 11) is 1.53. The molecule has 34 heavy (non-hydrogen) atoms. The quantitative estimate of drug-likeness (QED) is 0.497. The maximum atomic E-state index is 12.7. The number of methoxy groups -OCH3 is 1. The lowest BCUT2D eigenvalue weighted by Gasteiger charge is -2.13. The molecule has 0 saturated carbocycles. The van der Waals surface area contributed by atoms with Gasteiger partial charge in [-0.05, 0) is 51.0 Å². The van der Waals surface area contributed by atoms with E-state index in [0.29, 0.717) is 58.1 Å². The molecule has 0 bridgehead atoms. The molecule has 3 N–H and O–H groups in total. The first-order valence-corrected chi connectivity index (χ1v) is 10.7. The Morgan fingerprint density at radius 3 is 2.56 bits per heavy atom. The van der Waals surface area contributed by atoms with Gasteiger partial charge in [-0.3, -0.25) is 25.2 Å². The molecule has 0 spiro atoms. The van der Waals surface area contributed by atoms with Crippen LogP contribution in [0, 0.1) is 13.8 Å². The Morgan fingerprint density at radius 2 is 1.82 bits per heavy atom. The van der Waals surface area contributed by atoms with Crippen molar-refractivity contribution in [2.24, 2.45) is 5.10 Å². The summed E-state index contributed by atoms with van der Waals surface area (Å²) in [4.78, 5) is 37.4. The molecule has 1 aliphatic rings. The number of carbonyl (C=O) groups is 3. The zero-order chi connectivity index (χ0) is 24.2. The van der Waals surface area contributed by atoms with E-state index in [1.54, 1.807) is 38.1 Å². The van der Waals surface area contributed by atoms with Crippen LogP contribution < -0.4 is 21.0 Å². The summed E-state index contributed by atoms with van der Waals surface area (Å²) < 4.78 is 16.1. The van der Waals surface area contributed by atoms with Gasteiger partial charge in [0.05, 0.1) is 24.6 Å². The van der Waals surface area contributed by atoms with E-state index >= 15 is 0 Å². The summed E-state index contributed by atoms with van der Waals surface area (Å²) in [5.74, 6) is 0.209. The molecule has 3 aromatic rings. The number of ether oxygens (including phenoxy) is 1. The minimum atomic E-state index is -0.596. The number of carbonyl (C=O) groups excluding carboxylic acids is 3. The molecule has 1 aromatic carbocycles. The molecule has 2 aromatic heterocycles. The van der Waals surface area contributed by atoms with Gasteiger partial charge in [0.1, 0.15) is 17.3 Å². The smallest absolute Gasteiger partial charge is 0.305 e. The SMILES string of the molecule is COc1cccc(C(=O)N/N=C2\CCCc3oc(C(=O)NNC(=O)c4ccoc4C)c(C)c32)c1. The number of nitrogens with one attached hydrogen (secondary N) is 3. The Bertz CT molecular complexity index is 1290. The minimum absolute atomic E-state index is 0.0722. The first-order chi connectivity index (χ1) is 16.4. The van der Waals surface area contributed by atoms with Gasteiger partial charge in [0.25, 0.3) is 11.8 Å². The summed E-state index contributed by atoms with van der Waals surface area (Å²) in [6, 6.07) is 8.26. The average Bonchev–Trinajstić information content (AvgIpc) is 3.44. The fourth-order valence-corrected chi connectivity index (χ4v) is 3.80. The second kappa shape index (κ2) is 9.65. The summed E-state index contributed by atoms with van der Waals surface area (Å²) in [5, 5.41) is 4.31. The van der Waals surface area contributed by atoms with E-state index < -0.39 is 11.8 Å². The predicted octanol–water partition coefficient (Wildman–Crippen LogP) is 3.04. The molecule has 0 radical (unpaired) electrons. The normalized spacial score (nSPS) is 13.8. The largest absolute Gasteiger partial charge is 0.497 e. The number of rotatable bonds is 5. The number of hydrogen-bond donors (Lipinski definition) is 3. The molecule has 1 aliphatic carbocycles. The highest BCUT2D eigenvalue weighted by Crippen LogP contribution is 2.29. The van der Waals surface area contributed by atoms with Crippen LogP contribution >= 0.6 is 0 Å². The van der Waals surface area contributed by atoms with Crippen molar-refractivity contribution in [3.05, 3.63) is 76.1 Å². The maximum Gasteiger partial charge on any atom is 0.305 e. The van der Waals surface area contributed by atoms with Crippen molar-refractivity contribution in [2.75, 3.05) is 7.11 Å². The van der Waals surface area contributed by atoms with Crippen LogP contribution in [0.15, 0.2) is 50.5 Å². The number of hydrazone groups is 1. The van der Waals surface area contributed by atoms with Crippen molar-refractivity contribution in [3.63, 3.8) is 0 Å². The highest BCUT2D eigenvalue weighted by atomic mass is 16.5. The number of fused-ring (bicyclic) bond motifs is 1. The van der Waals surface area contributed by atoms with Crippen LogP contribution in [0.2, 0.25) is 0 Å². The van der Waals surface area contributed by atoms with Crippen molar-refractivity contribution < 1.29 is 28.0 Å². The van der Waals surface area contributed by atoms with Gasteiger partial charge >= 0.3 is 5.91 Å². The highest BCUT2D eigenvalue weighted by Gasteiger charge is 2.28. The topological polar surface area (TPSA) is 135 Å². The van der Waals surface area contributed by atoms with Gasteiger partial charge in [-0.2, -0.15) is 5.10 Å². The number of nitrogens with zero attached hydrogens (tertiary/aromatic N) is 1. The summed E-state index contributed by atoms with van der Waals surface area (Å²) in [6.07, 6.45) is 3.40. The van der Waals surface area contributed by atoms with Crippen molar-refractivity contribution in [1.29, 1.82) is 0 Å². The van der Waals surface area contributed by atoms with Crippen LogP contribution in [0.3, 0.4) is 0 Å². The molecular weight excluding hydrogens is 440 g/mol. The molecule has 0 aliphatic heterocycles. The molecule has 0 saturated heterocycles. The zero-order valence-electron chi connectivity index (χ0n) is 19.0. The fraction of sp³-hybridized carbons (Fsp3) is 0.250. The Hall–Kier alpha value is -4.34. The van der Waals surface area contributed by atoms with Gasteiger partial charge in [-0.1, -0.05) is 6.07 Å². The van der Waals surface area contributed by atoms with E-state index in [4.69, 9.17) is 13.6 Å². The predicted molar refractivity (Wildman–Crippen MR) is 122 cm³/mol. The molecule has 2 heterocycles. The molecular formula is C24H24N4O6. The number of benzene rings is 1. The molecule has 0 fully saturated rings. The van der Waals surface area contributed by atoms with Gasteiger partial charge in [0.15, 0.2) is 5.76 Å². The third kappa shape index (κ3) is 4.56. The highest BCUT2D eigenvalue weighted by molar-refractivity contribution is 6.07. The molecule has 0 unspecified atom stereocenters. The van der Waals surface area contributed by atoms with Gasteiger partial charge in [-0.25, -0.2) is 5.43 Å². The third-order valence-corrected chi connectivity index (χ3v) is 5.55. The molecule has 4 rings (SSSR count). The second-order valence-electron chi connectivity index (χ2n) is 7.74. The third-order valence-electron chi connectivity index (χ3n) is 5.55. The van der Waals surface area contributed by atoms with Crippen molar-refractivity contribution in [3.8, 4) is 5.75 Å². The lowest BCUT2D eigenvalue weighted by Crippen LogP contribution is -2.41. The van der Waals surface area contributed by atoms with Crippen LogP contribution in [0.4, 0.5) is 0 Å². The second-order valence-corrected chi connectivity index (χ2v) is 7.74. The van der Waals surface area contributed by atoms with Crippen LogP contribution in [-0.4, -0.2) is 30.5 Å². The fourth-order valence-electron chi connectivity index (χ4n) is 3.80. The number of furan rings is 2. The monoisotopic (exact) mass is 464 g/mol. The Labute approximate surface area is 195 Å². The van der Waals surface area contributed by atoms with Crippen LogP contribution in [-0.2, 0) is 6.42 Å². The number of hydrazine groups is 1. The Balaban J connectivity index is 1.49. The molecule has 176 valence electrons. The van der Waals surface area contributed by atoms with Crippen molar-refractivity contribution >= 4 is 23.4 Å². The summed E-state index contributed by atoms with van der Waals surface area (Å²) in [5.41, 5.74) is 9.91. The zero-order valence-corrected chi connectivity index (χ0v) is 19.0. The number of amides is 3. The molecule has 0 atom stereocenters. The first kappa shape index (κ1) is 22.8. The van der Waals surface area contributed by atoms with Gasteiger partial charge in [0, 0.05) is 23.1 Å². The van der Waals surface area contributed by atoms with Gasteiger partial charge in [0.2, 0.25) is 0 Å². The number of aryl methyl sites for hydroxylation is 2. The lowest BCUT2D eigenvalue weighted by molar-refractivity contribution is 0.0828. The summed E-state index contributed by atoms with van der Waals surface area (Å²) in [6.45, 7) is 3.39. The van der Waals surface area contributed by atoms with Gasteiger partial charge in [-0.15, -0.1) is 0 Å². The maximum absolute atomic E-state index is 12.7. The van der Waals surface area contributed by atoms with E-state index in [9.17, 15) is 14.4 Å². The van der Waals surface area contributed by atoms with E-state index in [-0.39, 0.29) is 11.7 Å². The lowest BCUT2D eigenvalue weighted by atomic mass is 9.93. The van der Waals surface area contributed by atoms with E-state index in [1.807, 2.05) is 0 Å². The van der Waals surface area contributed by atoms with Crippen LogP contribution in [0.25, 0.3) is 0 Å². The Morgan fingerprint density at radius 1 is 1.03 bits per heavy atom. The van der Waals surface area contributed by atoms with Crippen molar-refractivity contribution in [2.45, 2.75) is 33.1 Å². The standard InChI is InChI=1S/C24H24N4O6/c1-13-20-18(25-26-22(29)15-6-4-7-16(12-15)32-3)8-5-9-19(20)34-21(13)24(31)28-27-23(30)17-10-11-33-14(17)2/h4,6-7,10-12H,5,8-9H2,1-3H3,(H,26,29)(H,27,30)(H,28,31)/b25-18+. The van der Waals surface area contributed by atoms with E-state index in [2.05, 4.69) is 21.4 Å². The van der Waals surface area contributed by atoms with E-state index in [1.165, 1.54) is 19.4 Å².